The molecule has 0 saturated carbocycles. The molecule has 0 radical (unpaired) electrons. The summed E-state index contributed by atoms with van der Waals surface area (Å²) in [5.41, 5.74) is 0.254. The number of nitrogens with one attached hydrogen (secondary N) is 1. The second-order valence-electron chi connectivity index (χ2n) is 5.50. The van der Waals surface area contributed by atoms with Gasteiger partial charge in [0.2, 0.25) is 10.0 Å². The topological polar surface area (TPSA) is 87.8 Å². The number of aromatic nitrogens is 2. The molecule has 1 atom stereocenters. The van der Waals surface area contributed by atoms with Crippen LogP contribution in [0, 0.1) is 17.2 Å². The summed E-state index contributed by atoms with van der Waals surface area (Å²) in [4.78, 5) is 4.35. The van der Waals surface area contributed by atoms with Gasteiger partial charge >= 0.3 is 0 Å². The molecule has 0 unspecified atom stereocenters. The van der Waals surface area contributed by atoms with Gasteiger partial charge in [0.1, 0.15) is 11.9 Å². The molecule has 0 amide bonds. The molecule has 0 fully saturated rings. The molecule has 0 bridgehead atoms. The molecule has 1 aromatic carbocycles. The second-order valence-corrected chi connectivity index (χ2v) is 7.68. The van der Waals surface area contributed by atoms with Crippen LogP contribution in [0.4, 0.5) is 0 Å². The lowest BCUT2D eigenvalue weighted by atomic mass is 9.98. The zero-order valence-corrected chi connectivity index (χ0v) is 13.8. The van der Waals surface area contributed by atoms with E-state index in [1.54, 1.807) is 6.20 Å². The van der Waals surface area contributed by atoms with Crippen molar-refractivity contribution in [3.8, 4) is 6.07 Å². The summed E-state index contributed by atoms with van der Waals surface area (Å²) in [5, 5.41) is 8.97. The molecule has 1 aromatic heterocycles. The Hall–Kier alpha value is -1.88. The van der Waals surface area contributed by atoms with Crippen LogP contribution in [0.15, 0.2) is 35.5 Å². The van der Waals surface area contributed by atoms with Crippen molar-refractivity contribution in [2.75, 3.05) is 6.54 Å². The Bertz CT molecular complexity index is 870. The van der Waals surface area contributed by atoms with Crippen molar-refractivity contribution in [2.45, 2.75) is 24.3 Å². The van der Waals surface area contributed by atoms with E-state index in [0.717, 1.165) is 25.2 Å². The standard InChI is InChI=1S/C15H15ClN4O2S/c16-14-8-13(2-1-12(14)9-17)23(21,22)19-10-11-3-5-20-6-4-18-15(20)7-11/h1-2,4,6,8,11,19H,3,5,7,10H2/t11-/m0/s1. The maximum Gasteiger partial charge on any atom is 0.240 e. The van der Waals surface area contributed by atoms with Gasteiger partial charge in [-0.05, 0) is 30.5 Å². The van der Waals surface area contributed by atoms with E-state index in [1.165, 1.54) is 18.2 Å². The summed E-state index contributed by atoms with van der Waals surface area (Å²) in [7, 11) is -3.64. The van der Waals surface area contributed by atoms with Crippen molar-refractivity contribution in [2.24, 2.45) is 5.92 Å². The molecule has 8 heteroatoms. The number of hydrogen-bond donors (Lipinski definition) is 1. The molecule has 0 aliphatic carbocycles. The van der Waals surface area contributed by atoms with Crippen molar-refractivity contribution in [1.29, 1.82) is 5.26 Å². The third-order valence-electron chi connectivity index (χ3n) is 3.98. The molecule has 0 saturated heterocycles. The number of rotatable bonds is 4. The quantitative estimate of drug-likeness (QED) is 0.912. The molecule has 1 aliphatic rings. The van der Waals surface area contributed by atoms with Crippen LogP contribution in [0.2, 0.25) is 5.02 Å². The van der Waals surface area contributed by atoms with Crippen molar-refractivity contribution < 1.29 is 8.42 Å². The van der Waals surface area contributed by atoms with Gasteiger partial charge in [-0.1, -0.05) is 11.6 Å². The predicted molar refractivity (Wildman–Crippen MR) is 85.4 cm³/mol. The normalized spacial score (nSPS) is 17.5. The molecule has 1 N–H and O–H groups in total. The Labute approximate surface area is 139 Å². The molecule has 2 aromatic rings. The first-order valence-electron chi connectivity index (χ1n) is 7.19. The number of nitriles is 1. The number of hydrogen-bond acceptors (Lipinski definition) is 4. The molecule has 3 rings (SSSR count). The fourth-order valence-corrected chi connectivity index (χ4v) is 4.08. The van der Waals surface area contributed by atoms with E-state index >= 15 is 0 Å². The lowest BCUT2D eigenvalue weighted by Gasteiger charge is -2.23. The average molecular weight is 351 g/mol. The van der Waals surface area contributed by atoms with E-state index in [1.807, 2.05) is 12.3 Å². The summed E-state index contributed by atoms with van der Waals surface area (Å²) in [6, 6.07) is 6.01. The molecular weight excluding hydrogens is 336 g/mol. The molecule has 120 valence electrons. The highest BCUT2D eigenvalue weighted by Gasteiger charge is 2.22. The van der Waals surface area contributed by atoms with Crippen LogP contribution >= 0.6 is 11.6 Å². The smallest absolute Gasteiger partial charge is 0.240 e. The number of benzene rings is 1. The van der Waals surface area contributed by atoms with Gasteiger partial charge in [0.25, 0.3) is 0 Å². The summed E-state index contributed by atoms with van der Waals surface area (Å²) in [5.74, 6) is 1.20. The number of aryl methyl sites for hydroxylation is 1. The minimum atomic E-state index is -3.64. The minimum absolute atomic E-state index is 0.0683. The number of imidazole rings is 1. The Morgan fingerprint density at radius 2 is 2.30 bits per heavy atom. The van der Waals surface area contributed by atoms with Crippen molar-refractivity contribution in [3.05, 3.63) is 47.0 Å². The van der Waals surface area contributed by atoms with Crippen LogP contribution in [0.5, 0.6) is 0 Å². The maximum atomic E-state index is 12.3. The third-order valence-corrected chi connectivity index (χ3v) is 5.72. The average Bonchev–Trinajstić information content (AvgIpc) is 3.00. The van der Waals surface area contributed by atoms with E-state index < -0.39 is 10.0 Å². The molecule has 0 spiro atoms. The molecule has 6 nitrogen and oxygen atoms in total. The van der Waals surface area contributed by atoms with Crippen molar-refractivity contribution in [3.63, 3.8) is 0 Å². The monoisotopic (exact) mass is 350 g/mol. The Morgan fingerprint density at radius 1 is 1.48 bits per heavy atom. The SMILES string of the molecule is N#Cc1ccc(S(=O)(=O)NC[C@H]2CCn3ccnc3C2)cc1Cl. The van der Waals surface area contributed by atoms with Gasteiger partial charge in [0.05, 0.1) is 15.5 Å². The second kappa shape index (κ2) is 6.32. The Morgan fingerprint density at radius 3 is 3.04 bits per heavy atom. The summed E-state index contributed by atoms with van der Waals surface area (Å²) in [6.45, 7) is 1.21. The van der Waals surface area contributed by atoms with Crippen molar-refractivity contribution >= 4 is 21.6 Å². The first-order chi connectivity index (χ1) is 11.0. The fraction of sp³-hybridized carbons (Fsp3) is 0.333. The first-order valence-corrected chi connectivity index (χ1v) is 9.05. The van der Waals surface area contributed by atoms with Gasteiger partial charge in [0.15, 0.2) is 0 Å². The highest BCUT2D eigenvalue weighted by atomic mass is 35.5. The van der Waals surface area contributed by atoms with Crippen LogP contribution in [0.1, 0.15) is 17.8 Å². The van der Waals surface area contributed by atoms with E-state index in [0.29, 0.717) is 6.54 Å². The lowest BCUT2D eigenvalue weighted by Crippen LogP contribution is -2.33. The zero-order valence-electron chi connectivity index (χ0n) is 12.2. The summed E-state index contributed by atoms with van der Waals surface area (Å²) < 4.78 is 29.4. The third kappa shape index (κ3) is 3.39. The summed E-state index contributed by atoms with van der Waals surface area (Å²) in [6.07, 6.45) is 5.36. The molecule has 1 aliphatic heterocycles. The fourth-order valence-electron chi connectivity index (χ4n) is 2.65. The number of halogens is 1. The largest absolute Gasteiger partial charge is 0.335 e. The van der Waals surface area contributed by atoms with E-state index in [9.17, 15) is 8.42 Å². The van der Waals surface area contributed by atoms with E-state index in [-0.39, 0.29) is 21.4 Å². The van der Waals surface area contributed by atoms with E-state index in [4.69, 9.17) is 16.9 Å². The van der Waals surface area contributed by atoms with E-state index in [2.05, 4.69) is 14.3 Å². The van der Waals surface area contributed by atoms with Gasteiger partial charge in [0, 0.05) is 31.9 Å². The highest BCUT2D eigenvalue weighted by Crippen LogP contribution is 2.22. The minimum Gasteiger partial charge on any atom is -0.335 e. The zero-order chi connectivity index (χ0) is 16.4. The number of sulfonamides is 1. The summed E-state index contributed by atoms with van der Waals surface area (Å²) >= 11 is 5.90. The van der Waals surface area contributed by atoms with Crippen LogP contribution in [-0.2, 0) is 23.0 Å². The lowest BCUT2D eigenvalue weighted by molar-refractivity contribution is 0.379. The van der Waals surface area contributed by atoms with Crippen LogP contribution < -0.4 is 4.72 Å². The van der Waals surface area contributed by atoms with Crippen LogP contribution in [0.3, 0.4) is 0 Å². The predicted octanol–water partition coefficient (Wildman–Crippen LogP) is 1.95. The van der Waals surface area contributed by atoms with Gasteiger partial charge < -0.3 is 4.57 Å². The van der Waals surface area contributed by atoms with Crippen LogP contribution in [-0.4, -0.2) is 24.5 Å². The molecule has 2 heterocycles. The molecule has 23 heavy (non-hydrogen) atoms. The Balaban J connectivity index is 1.68. The van der Waals surface area contributed by atoms with Gasteiger partial charge in [-0.3, -0.25) is 0 Å². The van der Waals surface area contributed by atoms with Gasteiger partial charge in [-0.15, -0.1) is 0 Å². The number of nitrogens with zero attached hydrogens (tertiary/aromatic N) is 3. The van der Waals surface area contributed by atoms with Crippen LogP contribution in [0.25, 0.3) is 0 Å². The number of fused-ring (bicyclic) bond motifs is 1. The highest BCUT2D eigenvalue weighted by molar-refractivity contribution is 7.89. The van der Waals surface area contributed by atoms with Crippen molar-refractivity contribution in [1.82, 2.24) is 14.3 Å². The maximum absolute atomic E-state index is 12.3. The van der Waals surface area contributed by atoms with Gasteiger partial charge in [-0.25, -0.2) is 18.1 Å². The van der Waals surface area contributed by atoms with Gasteiger partial charge in [-0.2, -0.15) is 5.26 Å². The Kier molecular flexibility index (Phi) is 4.39. The molecular formula is C15H15ClN4O2S. The first kappa shape index (κ1) is 16.0.